The molecule has 1 saturated heterocycles. The van der Waals surface area contributed by atoms with Gasteiger partial charge in [0.2, 0.25) is 0 Å². The predicted octanol–water partition coefficient (Wildman–Crippen LogP) is 1.88. The molecule has 7 nitrogen and oxygen atoms in total. The maximum atomic E-state index is 12.7. The van der Waals surface area contributed by atoms with Crippen LogP contribution in [0.2, 0.25) is 0 Å². The molecule has 0 saturated carbocycles. The van der Waals surface area contributed by atoms with Crippen LogP contribution in [0, 0.1) is 6.92 Å². The molecule has 0 atom stereocenters. The van der Waals surface area contributed by atoms with E-state index in [-0.39, 0.29) is 5.91 Å². The van der Waals surface area contributed by atoms with Gasteiger partial charge in [-0.3, -0.25) is 14.7 Å². The van der Waals surface area contributed by atoms with Crippen molar-refractivity contribution in [2.24, 2.45) is 0 Å². The Hall–Kier alpha value is -2.80. The van der Waals surface area contributed by atoms with Gasteiger partial charge in [-0.2, -0.15) is 0 Å². The van der Waals surface area contributed by atoms with E-state index in [2.05, 4.69) is 20.0 Å². The monoisotopic (exact) mass is 337 g/mol. The van der Waals surface area contributed by atoms with Gasteiger partial charge in [-0.15, -0.1) is 0 Å². The minimum absolute atomic E-state index is 0.0617. The molecule has 3 aromatic rings. The van der Waals surface area contributed by atoms with Crippen molar-refractivity contribution in [1.29, 1.82) is 0 Å². The summed E-state index contributed by atoms with van der Waals surface area (Å²) in [5.41, 5.74) is 2.83. The van der Waals surface area contributed by atoms with Gasteiger partial charge in [-0.1, -0.05) is 17.3 Å². The Bertz CT molecular complexity index is 899. The van der Waals surface area contributed by atoms with Gasteiger partial charge < -0.3 is 9.42 Å². The van der Waals surface area contributed by atoms with E-state index < -0.39 is 0 Å². The van der Waals surface area contributed by atoms with E-state index in [0.717, 1.165) is 42.1 Å². The first-order valence-electron chi connectivity index (χ1n) is 8.35. The Labute approximate surface area is 145 Å². The number of piperazine rings is 1. The zero-order valence-corrected chi connectivity index (χ0v) is 14.1. The maximum Gasteiger partial charge on any atom is 0.274 e. The second kappa shape index (κ2) is 6.60. The summed E-state index contributed by atoms with van der Waals surface area (Å²) in [7, 11) is 0. The van der Waals surface area contributed by atoms with E-state index in [1.54, 1.807) is 6.20 Å². The lowest BCUT2D eigenvalue weighted by atomic mass is 10.2. The van der Waals surface area contributed by atoms with Gasteiger partial charge in [0.15, 0.2) is 5.76 Å². The quantitative estimate of drug-likeness (QED) is 0.726. The Morgan fingerprint density at radius 2 is 1.92 bits per heavy atom. The smallest absolute Gasteiger partial charge is 0.274 e. The molecule has 1 aliphatic heterocycles. The third kappa shape index (κ3) is 3.36. The third-order valence-corrected chi connectivity index (χ3v) is 4.38. The van der Waals surface area contributed by atoms with Gasteiger partial charge >= 0.3 is 0 Å². The number of carbonyl (C=O) groups excluding carboxylic acids is 1. The molecule has 1 aliphatic rings. The van der Waals surface area contributed by atoms with Gasteiger partial charge in [0.25, 0.3) is 5.91 Å². The number of rotatable bonds is 3. The van der Waals surface area contributed by atoms with Crippen LogP contribution in [0.4, 0.5) is 0 Å². The molecule has 128 valence electrons. The molecule has 0 unspecified atom stereocenters. The van der Waals surface area contributed by atoms with Crippen molar-refractivity contribution in [3.05, 3.63) is 53.7 Å². The number of hydrogen-bond donors (Lipinski definition) is 0. The summed E-state index contributed by atoms with van der Waals surface area (Å²) < 4.78 is 5.26. The number of amides is 1. The summed E-state index contributed by atoms with van der Waals surface area (Å²) in [5.74, 6) is 0.797. The van der Waals surface area contributed by atoms with Crippen molar-refractivity contribution in [2.45, 2.75) is 13.5 Å². The van der Waals surface area contributed by atoms with E-state index in [9.17, 15) is 4.79 Å². The zero-order valence-electron chi connectivity index (χ0n) is 14.1. The first-order chi connectivity index (χ1) is 12.2. The van der Waals surface area contributed by atoms with Crippen LogP contribution < -0.4 is 0 Å². The molecule has 2 aromatic heterocycles. The summed E-state index contributed by atoms with van der Waals surface area (Å²) in [4.78, 5) is 25.6. The minimum Gasteiger partial charge on any atom is -0.360 e. The largest absolute Gasteiger partial charge is 0.360 e. The fraction of sp³-hybridized carbons (Fsp3) is 0.333. The Kier molecular flexibility index (Phi) is 4.15. The van der Waals surface area contributed by atoms with Gasteiger partial charge in [0.1, 0.15) is 5.69 Å². The second-order valence-corrected chi connectivity index (χ2v) is 6.25. The number of hydrogen-bond acceptors (Lipinski definition) is 6. The third-order valence-electron chi connectivity index (χ3n) is 4.38. The van der Waals surface area contributed by atoms with E-state index in [0.29, 0.717) is 18.8 Å². The lowest BCUT2D eigenvalue weighted by molar-refractivity contribution is 0.0612. The number of benzene rings is 1. The van der Waals surface area contributed by atoms with Gasteiger partial charge in [0, 0.05) is 32.2 Å². The van der Waals surface area contributed by atoms with Crippen molar-refractivity contribution in [2.75, 3.05) is 26.2 Å². The average molecular weight is 337 g/mol. The Morgan fingerprint density at radius 1 is 1.16 bits per heavy atom. The van der Waals surface area contributed by atoms with Crippen molar-refractivity contribution in [3.8, 4) is 0 Å². The van der Waals surface area contributed by atoms with E-state index in [4.69, 9.17) is 4.52 Å². The minimum atomic E-state index is -0.0617. The molecule has 3 heterocycles. The highest BCUT2D eigenvalue weighted by molar-refractivity contribution is 5.93. The molecule has 0 N–H and O–H groups in total. The molecule has 0 spiro atoms. The Morgan fingerprint density at radius 3 is 2.64 bits per heavy atom. The topological polar surface area (TPSA) is 75.4 Å². The fourth-order valence-electron chi connectivity index (χ4n) is 3.04. The molecule has 0 aliphatic carbocycles. The standard InChI is InChI=1S/C18H19N5O2/c1-13-10-14(25-21-13)12-22-6-8-23(9-7-22)18(24)17-11-19-15-4-2-3-5-16(15)20-17/h2-5,10-11H,6-9,12H2,1H3. The first-order valence-corrected chi connectivity index (χ1v) is 8.35. The maximum absolute atomic E-state index is 12.7. The van der Waals surface area contributed by atoms with Crippen LogP contribution in [0.3, 0.4) is 0 Å². The summed E-state index contributed by atoms with van der Waals surface area (Å²) in [6.07, 6.45) is 1.56. The highest BCUT2D eigenvalue weighted by atomic mass is 16.5. The van der Waals surface area contributed by atoms with Crippen molar-refractivity contribution >= 4 is 16.9 Å². The number of para-hydroxylation sites is 2. The fourth-order valence-corrected chi connectivity index (χ4v) is 3.04. The van der Waals surface area contributed by atoms with Crippen LogP contribution in [0.1, 0.15) is 21.9 Å². The van der Waals surface area contributed by atoms with Crippen LogP contribution in [-0.4, -0.2) is 57.0 Å². The molecular weight excluding hydrogens is 318 g/mol. The normalized spacial score (nSPS) is 15.6. The predicted molar refractivity (Wildman–Crippen MR) is 92.0 cm³/mol. The number of nitrogens with zero attached hydrogens (tertiary/aromatic N) is 5. The summed E-state index contributed by atoms with van der Waals surface area (Å²) in [5, 5.41) is 3.91. The lowest BCUT2D eigenvalue weighted by Crippen LogP contribution is -2.48. The SMILES string of the molecule is Cc1cc(CN2CCN(C(=O)c3cnc4ccccc4n3)CC2)on1. The summed E-state index contributed by atoms with van der Waals surface area (Å²) in [6, 6.07) is 9.52. The van der Waals surface area contributed by atoms with Gasteiger partial charge in [-0.25, -0.2) is 4.98 Å². The molecule has 25 heavy (non-hydrogen) atoms. The highest BCUT2D eigenvalue weighted by Crippen LogP contribution is 2.13. The number of aryl methyl sites for hydroxylation is 1. The molecule has 0 bridgehead atoms. The Balaban J connectivity index is 1.40. The number of aromatic nitrogens is 3. The lowest BCUT2D eigenvalue weighted by Gasteiger charge is -2.33. The van der Waals surface area contributed by atoms with Crippen LogP contribution in [-0.2, 0) is 6.54 Å². The average Bonchev–Trinajstić information content (AvgIpc) is 3.06. The second-order valence-electron chi connectivity index (χ2n) is 6.25. The highest BCUT2D eigenvalue weighted by Gasteiger charge is 2.24. The molecule has 4 rings (SSSR count). The van der Waals surface area contributed by atoms with Gasteiger partial charge in [-0.05, 0) is 19.1 Å². The van der Waals surface area contributed by atoms with Crippen molar-refractivity contribution in [3.63, 3.8) is 0 Å². The molecule has 1 fully saturated rings. The van der Waals surface area contributed by atoms with Crippen molar-refractivity contribution in [1.82, 2.24) is 24.9 Å². The van der Waals surface area contributed by atoms with Crippen molar-refractivity contribution < 1.29 is 9.32 Å². The molecule has 1 aromatic carbocycles. The van der Waals surface area contributed by atoms with Crippen LogP contribution >= 0.6 is 0 Å². The van der Waals surface area contributed by atoms with Crippen LogP contribution in [0.5, 0.6) is 0 Å². The molecule has 1 amide bonds. The molecular formula is C18H19N5O2. The van der Waals surface area contributed by atoms with E-state index in [1.165, 1.54) is 0 Å². The number of fused-ring (bicyclic) bond motifs is 1. The van der Waals surface area contributed by atoms with Crippen LogP contribution in [0.15, 0.2) is 41.1 Å². The zero-order chi connectivity index (χ0) is 17.2. The number of carbonyl (C=O) groups is 1. The van der Waals surface area contributed by atoms with E-state index in [1.807, 2.05) is 42.2 Å². The summed E-state index contributed by atoms with van der Waals surface area (Å²) in [6.45, 7) is 5.56. The van der Waals surface area contributed by atoms with Crippen LogP contribution in [0.25, 0.3) is 11.0 Å². The molecule has 7 heteroatoms. The first kappa shape index (κ1) is 15.7. The van der Waals surface area contributed by atoms with E-state index >= 15 is 0 Å². The summed E-state index contributed by atoms with van der Waals surface area (Å²) >= 11 is 0. The molecule has 0 radical (unpaired) electrons. The van der Waals surface area contributed by atoms with Gasteiger partial charge in [0.05, 0.1) is 29.5 Å².